The van der Waals surface area contributed by atoms with Gasteiger partial charge in [0.05, 0.1) is 12.0 Å². The summed E-state index contributed by atoms with van der Waals surface area (Å²) in [5.74, 6) is -0.132. The molecule has 0 saturated heterocycles. The molecule has 8 heteroatoms. The van der Waals surface area contributed by atoms with Crippen LogP contribution in [0.25, 0.3) is 0 Å². The fraction of sp³-hybridized carbons (Fsp3) is 0.588. The van der Waals surface area contributed by atoms with Crippen LogP contribution in [0.15, 0.2) is 6.07 Å². The van der Waals surface area contributed by atoms with Crippen molar-refractivity contribution in [2.75, 3.05) is 14.2 Å². The second kappa shape index (κ2) is 7.53. The van der Waals surface area contributed by atoms with Gasteiger partial charge in [-0.25, -0.2) is 9.86 Å². The molecule has 1 aliphatic rings. The van der Waals surface area contributed by atoms with Crippen molar-refractivity contribution >= 4 is 29.2 Å². The zero-order valence-electron chi connectivity index (χ0n) is 15.3. The number of hydroxylamine groups is 2. The Bertz CT molecular complexity index is 678. The summed E-state index contributed by atoms with van der Waals surface area (Å²) in [4.78, 5) is 30.8. The Hall–Kier alpha value is -1.93. The van der Waals surface area contributed by atoms with E-state index >= 15 is 0 Å². The molecule has 0 fully saturated rings. The minimum atomic E-state index is -0.640. The Morgan fingerprint density at radius 1 is 1.40 bits per heavy atom. The minimum Gasteiger partial charge on any atom is -0.444 e. The maximum absolute atomic E-state index is 12.2. The number of amides is 2. The number of rotatable bonds is 3. The molecule has 25 heavy (non-hydrogen) atoms. The van der Waals surface area contributed by atoms with Gasteiger partial charge in [-0.05, 0) is 51.7 Å². The van der Waals surface area contributed by atoms with E-state index in [0.717, 1.165) is 23.3 Å². The molecule has 2 amide bonds. The number of fused-ring (bicyclic) bond motifs is 1. The van der Waals surface area contributed by atoms with Crippen LogP contribution >= 0.6 is 11.3 Å². The maximum atomic E-state index is 12.2. The highest BCUT2D eigenvalue weighted by atomic mass is 32.1. The van der Waals surface area contributed by atoms with Crippen LogP contribution in [0.1, 0.15) is 42.5 Å². The lowest BCUT2D eigenvalue weighted by Gasteiger charge is -2.24. The van der Waals surface area contributed by atoms with Crippen molar-refractivity contribution in [1.82, 2.24) is 10.4 Å². The zero-order chi connectivity index (χ0) is 18.8. The lowest BCUT2D eigenvalue weighted by molar-refractivity contribution is -0.173. The van der Waals surface area contributed by atoms with E-state index < -0.39 is 11.7 Å². The predicted molar refractivity (Wildman–Crippen MR) is 95.8 cm³/mol. The first-order valence-electron chi connectivity index (χ1n) is 8.13. The molecule has 1 aromatic heterocycles. The van der Waals surface area contributed by atoms with Crippen LogP contribution in [-0.4, -0.2) is 42.7 Å². The predicted octanol–water partition coefficient (Wildman–Crippen LogP) is 2.72. The summed E-state index contributed by atoms with van der Waals surface area (Å²) in [6, 6.07) is 1.92. The minimum absolute atomic E-state index is 0.0190. The summed E-state index contributed by atoms with van der Waals surface area (Å²) in [5, 5.41) is 11.8. The van der Waals surface area contributed by atoms with Crippen LogP contribution in [0.4, 0.5) is 4.79 Å². The molecule has 1 atom stereocenters. The van der Waals surface area contributed by atoms with Gasteiger partial charge >= 0.3 is 6.09 Å². The molecule has 1 aromatic rings. The van der Waals surface area contributed by atoms with Gasteiger partial charge in [0.25, 0.3) is 0 Å². The number of carbonyl (C=O) groups excluding carboxylic acids is 2. The first-order valence-corrected chi connectivity index (χ1v) is 8.94. The molecule has 7 nitrogen and oxygen atoms in total. The molecule has 0 aromatic carbocycles. The van der Waals surface area contributed by atoms with E-state index in [1.807, 2.05) is 6.07 Å². The SMILES string of the molecule is CON(C)C(=O)C1CCc2cc(C(=N)NC(=O)OC(C)(C)C)sc2C1. The van der Waals surface area contributed by atoms with Crippen molar-refractivity contribution in [2.24, 2.45) is 5.92 Å². The van der Waals surface area contributed by atoms with Gasteiger partial charge in [-0.3, -0.25) is 20.4 Å². The first kappa shape index (κ1) is 19.4. The number of nitrogens with one attached hydrogen (secondary N) is 2. The van der Waals surface area contributed by atoms with Crippen molar-refractivity contribution in [3.8, 4) is 0 Å². The van der Waals surface area contributed by atoms with Gasteiger partial charge in [0.2, 0.25) is 5.91 Å². The monoisotopic (exact) mass is 367 g/mol. The molecule has 2 N–H and O–H groups in total. The lowest BCUT2D eigenvalue weighted by Crippen LogP contribution is -2.36. The first-order chi connectivity index (χ1) is 11.6. The van der Waals surface area contributed by atoms with E-state index in [9.17, 15) is 9.59 Å². The summed E-state index contributed by atoms with van der Waals surface area (Å²) in [6.45, 7) is 5.32. The van der Waals surface area contributed by atoms with Crippen LogP contribution < -0.4 is 5.32 Å². The fourth-order valence-corrected chi connectivity index (χ4v) is 3.85. The molecule has 0 spiro atoms. The molecular weight excluding hydrogens is 342 g/mol. The van der Waals surface area contributed by atoms with Crippen molar-refractivity contribution in [3.63, 3.8) is 0 Å². The van der Waals surface area contributed by atoms with Gasteiger partial charge in [0.15, 0.2) is 0 Å². The maximum Gasteiger partial charge on any atom is 0.413 e. The Kier molecular flexibility index (Phi) is 5.84. The Morgan fingerprint density at radius 2 is 2.08 bits per heavy atom. The van der Waals surface area contributed by atoms with E-state index in [4.69, 9.17) is 15.0 Å². The molecule has 0 aliphatic heterocycles. The third-order valence-electron chi connectivity index (χ3n) is 3.90. The number of carbonyl (C=O) groups is 2. The van der Waals surface area contributed by atoms with Crippen LogP contribution in [0.5, 0.6) is 0 Å². The van der Waals surface area contributed by atoms with Crippen molar-refractivity contribution in [1.29, 1.82) is 5.41 Å². The largest absolute Gasteiger partial charge is 0.444 e. The number of amidine groups is 1. The van der Waals surface area contributed by atoms with Crippen molar-refractivity contribution in [2.45, 2.75) is 45.6 Å². The number of alkyl carbamates (subject to hydrolysis) is 1. The number of hydrogen-bond acceptors (Lipinski definition) is 6. The van der Waals surface area contributed by atoms with Crippen LogP contribution in [-0.2, 0) is 27.2 Å². The van der Waals surface area contributed by atoms with E-state index in [2.05, 4.69) is 5.32 Å². The summed E-state index contributed by atoms with van der Waals surface area (Å²) < 4.78 is 5.17. The smallest absolute Gasteiger partial charge is 0.413 e. The Balaban J connectivity index is 2.03. The van der Waals surface area contributed by atoms with Gasteiger partial charge in [-0.15, -0.1) is 11.3 Å². The molecule has 1 heterocycles. The van der Waals surface area contributed by atoms with E-state index in [-0.39, 0.29) is 17.7 Å². The highest BCUT2D eigenvalue weighted by Gasteiger charge is 2.29. The summed E-state index contributed by atoms with van der Waals surface area (Å²) in [7, 11) is 3.08. The molecule has 0 saturated carbocycles. The van der Waals surface area contributed by atoms with E-state index in [0.29, 0.717) is 11.3 Å². The molecule has 0 bridgehead atoms. The normalized spacial score (nSPS) is 16.8. The molecule has 138 valence electrons. The van der Waals surface area contributed by atoms with Gasteiger partial charge in [0.1, 0.15) is 11.4 Å². The highest BCUT2D eigenvalue weighted by molar-refractivity contribution is 7.14. The lowest BCUT2D eigenvalue weighted by atomic mass is 9.88. The highest BCUT2D eigenvalue weighted by Crippen LogP contribution is 2.33. The summed E-state index contributed by atoms with van der Waals surface area (Å²) >= 11 is 1.44. The Labute approximate surface area is 151 Å². The quantitative estimate of drug-likeness (QED) is 0.488. The summed E-state index contributed by atoms with van der Waals surface area (Å²) in [5.41, 5.74) is 0.528. The molecular formula is C17H25N3O4S. The van der Waals surface area contributed by atoms with Crippen molar-refractivity contribution < 1.29 is 19.2 Å². The third-order valence-corrected chi connectivity index (χ3v) is 5.11. The number of nitrogens with zero attached hydrogens (tertiary/aromatic N) is 1. The second-order valence-corrected chi connectivity index (χ2v) is 8.16. The number of aryl methyl sites for hydroxylation is 1. The van der Waals surface area contributed by atoms with E-state index in [1.54, 1.807) is 27.8 Å². The van der Waals surface area contributed by atoms with Crippen LogP contribution in [0.3, 0.4) is 0 Å². The molecule has 2 rings (SSSR count). The second-order valence-electron chi connectivity index (χ2n) is 7.02. The van der Waals surface area contributed by atoms with Gasteiger partial charge < -0.3 is 4.74 Å². The van der Waals surface area contributed by atoms with Gasteiger partial charge in [-0.2, -0.15) is 0 Å². The van der Waals surface area contributed by atoms with Crippen molar-refractivity contribution in [3.05, 3.63) is 21.4 Å². The van der Waals surface area contributed by atoms with Gasteiger partial charge in [-0.1, -0.05) is 0 Å². The molecule has 0 radical (unpaired) electrons. The standard InChI is InChI=1S/C17H25N3O4S/c1-17(2,3)24-16(22)19-14(18)13-8-10-6-7-11(9-12(10)25-13)15(21)20(4)23-5/h8,11H,6-7,9H2,1-5H3,(H2,18,19,22). The Morgan fingerprint density at radius 3 is 2.68 bits per heavy atom. The third kappa shape index (κ3) is 5.02. The number of ether oxygens (including phenoxy) is 1. The summed E-state index contributed by atoms with van der Waals surface area (Å²) in [6.07, 6.45) is 1.52. The zero-order valence-corrected chi connectivity index (χ0v) is 16.1. The number of hydrogen-bond donors (Lipinski definition) is 2. The topological polar surface area (TPSA) is 91.7 Å². The van der Waals surface area contributed by atoms with E-state index in [1.165, 1.54) is 23.5 Å². The number of thiophene rings is 1. The molecule has 1 unspecified atom stereocenters. The fourth-order valence-electron chi connectivity index (χ4n) is 2.65. The van der Waals surface area contributed by atoms with Gasteiger partial charge in [0, 0.05) is 17.8 Å². The average Bonchev–Trinajstić information content (AvgIpc) is 2.94. The molecule has 1 aliphatic carbocycles. The average molecular weight is 367 g/mol. The van der Waals surface area contributed by atoms with Crippen LogP contribution in [0.2, 0.25) is 0 Å². The van der Waals surface area contributed by atoms with Crippen LogP contribution in [0, 0.1) is 11.3 Å².